The standard InChI is InChI=1S/C6H6ClF6NO/c7-1-4(15)14(2-5(8,9)10)3-6(11,12)13/h1-3H2. The maximum Gasteiger partial charge on any atom is 0.406 e. The highest BCUT2D eigenvalue weighted by Gasteiger charge is 2.39. The molecule has 0 aromatic carbocycles. The number of alkyl halides is 7. The van der Waals surface area contributed by atoms with Crippen LogP contribution >= 0.6 is 11.6 Å². The van der Waals surface area contributed by atoms with Crippen molar-refractivity contribution in [1.82, 2.24) is 4.90 Å². The van der Waals surface area contributed by atoms with Crippen LogP contribution in [0, 0.1) is 0 Å². The van der Waals surface area contributed by atoms with Crippen molar-refractivity contribution in [3.05, 3.63) is 0 Å². The predicted molar refractivity (Wildman–Crippen MR) is 39.4 cm³/mol. The molecule has 0 unspecified atom stereocenters. The molecule has 0 aliphatic rings. The van der Waals surface area contributed by atoms with Crippen molar-refractivity contribution in [3.63, 3.8) is 0 Å². The third-order valence-corrected chi connectivity index (χ3v) is 1.44. The zero-order valence-electron chi connectivity index (χ0n) is 7.12. The Labute approximate surface area is 85.8 Å². The van der Waals surface area contributed by atoms with Crippen molar-refractivity contribution in [2.24, 2.45) is 0 Å². The summed E-state index contributed by atoms with van der Waals surface area (Å²) in [7, 11) is 0. The number of carbonyl (C=O) groups excluding carboxylic acids is 1. The first-order valence-corrected chi connectivity index (χ1v) is 4.06. The monoisotopic (exact) mass is 257 g/mol. The summed E-state index contributed by atoms with van der Waals surface area (Å²) < 4.78 is 70.6. The number of carbonyl (C=O) groups is 1. The molecule has 0 heterocycles. The summed E-state index contributed by atoms with van der Waals surface area (Å²) in [6.45, 7) is -3.92. The highest BCUT2D eigenvalue weighted by Crippen LogP contribution is 2.21. The Morgan fingerprint density at radius 2 is 1.33 bits per heavy atom. The zero-order valence-corrected chi connectivity index (χ0v) is 7.88. The minimum absolute atomic E-state index is 0.382. The van der Waals surface area contributed by atoms with Crippen molar-refractivity contribution in [2.45, 2.75) is 12.4 Å². The Hall–Kier alpha value is -0.660. The molecule has 9 heteroatoms. The zero-order chi connectivity index (χ0) is 12.3. The van der Waals surface area contributed by atoms with Crippen LogP contribution < -0.4 is 0 Å². The molecule has 1 amide bonds. The average Bonchev–Trinajstić information content (AvgIpc) is 1.96. The van der Waals surface area contributed by atoms with E-state index >= 15 is 0 Å². The summed E-state index contributed by atoms with van der Waals surface area (Å²) in [6, 6.07) is 0. The molecule has 0 atom stereocenters. The van der Waals surface area contributed by atoms with E-state index in [1.165, 1.54) is 0 Å². The first-order chi connectivity index (χ1) is 6.55. The van der Waals surface area contributed by atoms with Gasteiger partial charge in [-0.15, -0.1) is 11.6 Å². The van der Waals surface area contributed by atoms with E-state index in [1.807, 2.05) is 0 Å². The van der Waals surface area contributed by atoms with Gasteiger partial charge in [-0.25, -0.2) is 0 Å². The number of amides is 1. The van der Waals surface area contributed by atoms with Crippen molar-refractivity contribution in [3.8, 4) is 0 Å². The van der Waals surface area contributed by atoms with Gasteiger partial charge < -0.3 is 4.90 Å². The van der Waals surface area contributed by atoms with Gasteiger partial charge in [-0.2, -0.15) is 26.3 Å². The molecule has 0 saturated heterocycles. The van der Waals surface area contributed by atoms with Crippen molar-refractivity contribution >= 4 is 17.5 Å². The molecule has 0 N–H and O–H groups in total. The second kappa shape index (κ2) is 4.91. The van der Waals surface area contributed by atoms with Crippen LogP contribution in [0.25, 0.3) is 0 Å². The Morgan fingerprint density at radius 3 is 1.53 bits per heavy atom. The van der Waals surface area contributed by atoms with Gasteiger partial charge in [-0.3, -0.25) is 4.79 Å². The lowest BCUT2D eigenvalue weighted by atomic mass is 10.4. The van der Waals surface area contributed by atoms with Gasteiger partial charge in [0.25, 0.3) is 0 Å². The highest BCUT2D eigenvalue weighted by molar-refractivity contribution is 6.27. The van der Waals surface area contributed by atoms with Gasteiger partial charge in [-0.05, 0) is 0 Å². The molecule has 0 aliphatic heterocycles. The third kappa shape index (κ3) is 7.29. The molecule has 15 heavy (non-hydrogen) atoms. The van der Waals surface area contributed by atoms with Gasteiger partial charge >= 0.3 is 12.4 Å². The first kappa shape index (κ1) is 14.3. The molecule has 0 radical (unpaired) electrons. The van der Waals surface area contributed by atoms with Crippen LogP contribution in [0.1, 0.15) is 0 Å². The average molecular weight is 258 g/mol. The first-order valence-electron chi connectivity index (χ1n) is 3.52. The number of rotatable bonds is 3. The van der Waals surface area contributed by atoms with E-state index in [-0.39, 0.29) is 4.90 Å². The van der Waals surface area contributed by atoms with Crippen LogP contribution in [0.15, 0.2) is 0 Å². The number of hydrogen-bond donors (Lipinski definition) is 0. The van der Waals surface area contributed by atoms with Crippen LogP contribution in [0.2, 0.25) is 0 Å². The Bertz CT molecular complexity index is 209. The van der Waals surface area contributed by atoms with E-state index in [1.54, 1.807) is 0 Å². The van der Waals surface area contributed by atoms with Gasteiger partial charge in [0.05, 0.1) is 0 Å². The van der Waals surface area contributed by atoms with Crippen molar-refractivity contribution in [1.29, 1.82) is 0 Å². The van der Waals surface area contributed by atoms with Crippen LogP contribution in [-0.2, 0) is 4.79 Å². The second-order valence-corrected chi connectivity index (χ2v) is 2.88. The lowest BCUT2D eigenvalue weighted by Gasteiger charge is -2.24. The van der Waals surface area contributed by atoms with Gasteiger partial charge in [-0.1, -0.05) is 0 Å². The van der Waals surface area contributed by atoms with Gasteiger partial charge in [0.15, 0.2) is 0 Å². The smallest absolute Gasteiger partial charge is 0.323 e. The Morgan fingerprint density at radius 1 is 1.00 bits per heavy atom. The van der Waals surface area contributed by atoms with Crippen LogP contribution in [0.3, 0.4) is 0 Å². The molecule has 0 rings (SSSR count). The molecule has 0 aromatic heterocycles. The number of nitrogens with zero attached hydrogens (tertiary/aromatic N) is 1. The van der Waals surface area contributed by atoms with Crippen molar-refractivity contribution < 1.29 is 31.1 Å². The lowest BCUT2D eigenvalue weighted by molar-refractivity contribution is -0.186. The maximum atomic E-state index is 11.8. The third-order valence-electron chi connectivity index (χ3n) is 1.21. The summed E-state index contributed by atoms with van der Waals surface area (Å²) in [4.78, 5) is 10.3. The molecule has 0 saturated carbocycles. The normalized spacial score (nSPS) is 12.7. The minimum atomic E-state index is -4.88. The molecular weight excluding hydrogens is 252 g/mol. The molecule has 0 spiro atoms. The van der Waals surface area contributed by atoms with Crippen LogP contribution in [-0.4, -0.2) is 42.1 Å². The van der Waals surface area contributed by atoms with E-state index in [2.05, 4.69) is 0 Å². The molecule has 0 aromatic rings. The maximum absolute atomic E-state index is 11.8. The van der Waals surface area contributed by atoms with E-state index in [0.717, 1.165) is 0 Å². The van der Waals surface area contributed by atoms with E-state index in [4.69, 9.17) is 11.6 Å². The summed E-state index contributed by atoms with van der Waals surface area (Å²) >= 11 is 4.88. The van der Waals surface area contributed by atoms with Crippen LogP contribution in [0.4, 0.5) is 26.3 Å². The molecule has 0 fully saturated rings. The van der Waals surface area contributed by atoms with Gasteiger partial charge in [0.2, 0.25) is 5.91 Å². The minimum Gasteiger partial charge on any atom is -0.323 e. The fourth-order valence-corrected chi connectivity index (χ4v) is 0.919. The molecule has 2 nitrogen and oxygen atoms in total. The molecule has 90 valence electrons. The molecule has 0 aliphatic carbocycles. The second-order valence-electron chi connectivity index (χ2n) is 2.61. The summed E-state index contributed by atoms with van der Waals surface area (Å²) in [5.74, 6) is -2.34. The number of hydrogen-bond acceptors (Lipinski definition) is 1. The lowest BCUT2D eigenvalue weighted by Crippen LogP contribution is -2.44. The highest BCUT2D eigenvalue weighted by atomic mass is 35.5. The predicted octanol–water partition coefficient (Wildman–Crippen LogP) is 2.18. The molecular formula is C6H6ClF6NO. The van der Waals surface area contributed by atoms with Crippen LogP contribution in [0.5, 0.6) is 0 Å². The fraction of sp³-hybridized carbons (Fsp3) is 0.833. The van der Waals surface area contributed by atoms with Gasteiger partial charge in [0, 0.05) is 0 Å². The van der Waals surface area contributed by atoms with Crippen molar-refractivity contribution in [2.75, 3.05) is 19.0 Å². The summed E-state index contributed by atoms with van der Waals surface area (Å²) in [5.41, 5.74) is 0. The summed E-state index contributed by atoms with van der Waals surface area (Å²) in [5, 5.41) is 0. The SMILES string of the molecule is O=C(CCl)N(CC(F)(F)F)CC(F)(F)F. The summed E-state index contributed by atoms with van der Waals surface area (Å²) in [6.07, 6.45) is -9.76. The van der Waals surface area contributed by atoms with E-state index < -0.39 is 37.2 Å². The fourth-order valence-electron chi connectivity index (χ4n) is 0.750. The molecule has 0 bridgehead atoms. The van der Waals surface area contributed by atoms with E-state index in [9.17, 15) is 31.1 Å². The van der Waals surface area contributed by atoms with Gasteiger partial charge in [0.1, 0.15) is 19.0 Å². The number of halogens is 7. The van der Waals surface area contributed by atoms with E-state index in [0.29, 0.717) is 0 Å². The largest absolute Gasteiger partial charge is 0.406 e. The Balaban J connectivity index is 4.53. The quantitative estimate of drug-likeness (QED) is 0.561. The topological polar surface area (TPSA) is 20.3 Å². The Kier molecular flexibility index (Phi) is 4.69.